The first-order valence-electron chi connectivity index (χ1n) is 7.45. The molecule has 0 aliphatic carbocycles. The summed E-state index contributed by atoms with van der Waals surface area (Å²) in [5.41, 5.74) is 7.41. The Bertz CT molecular complexity index is 545. The van der Waals surface area contributed by atoms with E-state index in [0.717, 1.165) is 18.5 Å². The van der Waals surface area contributed by atoms with E-state index in [2.05, 4.69) is 71.9 Å². The molecular weight excluding hydrogens is 242 g/mol. The van der Waals surface area contributed by atoms with Crippen molar-refractivity contribution in [3.8, 4) is 0 Å². The Labute approximate surface area is 124 Å². The average molecular weight is 269 g/mol. The predicted molar refractivity (Wildman–Crippen MR) is 91.2 cm³/mol. The molecule has 0 N–H and O–H groups in total. The number of aryl methyl sites for hydroxylation is 1. The molecule has 1 rings (SSSR count). The van der Waals surface area contributed by atoms with Crippen LogP contribution in [-0.2, 0) is 0 Å². The molecule has 0 fully saturated rings. The minimum absolute atomic E-state index is 1.06. The molecule has 0 unspecified atom stereocenters. The Kier molecular flexibility index (Phi) is 6.44. The summed E-state index contributed by atoms with van der Waals surface area (Å²) in [7, 11) is 0. The maximum absolute atomic E-state index is 4.88. The highest BCUT2D eigenvalue weighted by Crippen LogP contribution is 2.27. The van der Waals surface area contributed by atoms with Gasteiger partial charge < -0.3 is 0 Å². The Morgan fingerprint density at radius 3 is 2.35 bits per heavy atom. The highest BCUT2D eigenvalue weighted by molar-refractivity contribution is 5.85. The van der Waals surface area contributed by atoms with Crippen LogP contribution in [0, 0.1) is 6.92 Å². The number of hydrogen-bond acceptors (Lipinski definition) is 1. The monoisotopic (exact) mass is 269 g/mol. The van der Waals surface area contributed by atoms with Crippen molar-refractivity contribution in [3.05, 3.63) is 52.7 Å². The number of aliphatic imine (C=N–C) groups is 1. The van der Waals surface area contributed by atoms with E-state index in [-0.39, 0.29) is 0 Å². The minimum Gasteiger partial charge on any atom is -0.258 e. The molecule has 0 heterocycles. The van der Waals surface area contributed by atoms with Crippen LogP contribution in [0.15, 0.2) is 46.6 Å². The summed E-state index contributed by atoms with van der Waals surface area (Å²) in [6.45, 7) is 12.9. The zero-order valence-corrected chi connectivity index (χ0v) is 13.7. The van der Waals surface area contributed by atoms with E-state index in [0.29, 0.717) is 0 Å². The van der Waals surface area contributed by atoms with Gasteiger partial charge in [0.15, 0.2) is 0 Å². The van der Waals surface area contributed by atoms with Crippen LogP contribution in [0.5, 0.6) is 0 Å². The van der Waals surface area contributed by atoms with Crippen LogP contribution in [0.4, 0.5) is 0 Å². The van der Waals surface area contributed by atoms with Gasteiger partial charge in [-0.1, -0.05) is 43.7 Å². The van der Waals surface area contributed by atoms with Crippen LogP contribution in [0.2, 0.25) is 0 Å². The third kappa shape index (κ3) is 4.19. The van der Waals surface area contributed by atoms with Crippen molar-refractivity contribution in [1.82, 2.24) is 0 Å². The highest BCUT2D eigenvalue weighted by Gasteiger charge is 2.08. The number of rotatable bonds is 5. The molecule has 0 aliphatic heterocycles. The first-order chi connectivity index (χ1) is 9.51. The molecule has 20 heavy (non-hydrogen) atoms. The van der Waals surface area contributed by atoms with Gasteiger partial charge in [0.1, 0.15) is 0 Å². The number of benzene rings is 1. The first-order valence-corrected chi connectivity index (χ1v) is 7.45. The minimum atomic E-state index is 1.06. The Morgan fingerprint density at radius 2 is 1.80 bits per heavy atom. The normalized spacial score (nSPS) is 14.3. The molecule has 1 heteroatoms. The van der Waals surface area contributed by atoms with Crippen molar-refractivity contribution in [3.63, 3.8) is 0 Å². The molecule has 0 amide bonds. The van der Waals surface area contributed by atoms with Crippen molar-refractivity contribution < 1.29 is 0 Å². The Balaban J connectivity index is 3.39. The fourth-order valence-electron chi connectivity index (χ4n) is 2.33. The Morgan fingerprint density at radius 1 is 1.15 bits per heavy atom. The molecule has 0 spiro atoms. The molecule has 1 nitrogen and oxygen atoms in total. The molecule has 1 aromatic rings. The molecule has 0 bridgehead atoms. The SMILES string of the molecule is C/C=C(C)\C(N=C(C)CCC)=C(\C)c1ccccc1C. The Hall–Kier alpha value is -1.63. The summed E-state index contributed by atoms with van der Waals surface area (Å²) in [5, 5.41) is 0. The smallest absolute Gasteiger partial charge is 0.0689 e. The van der Waals surface area contributed by atoms with Crippen molar-refractivity contribution >= 4 is 11.3 Å². The van der Waals surface area contributed by atoms with E-state index in [9.17, 15) is 0 Å². The maximum Gasteiger partial charge on any atom is 0.0689 e. The molecule has 1 aromatic carbocycles. The van der Waals surface area contributed by atoms with Gasteiger partial charge in [-0.15, -0.1) is 0 Å². The van der Waals surface area contributed by atoms with E-state index in [1.54, 1.807) is 0 Å². The summed E-state index contributed by atoms with van der Waals surface area (Å²) in [5.74, 6) is 0. The highest BCUT2D eigenvalue weighted by atomic mass is 14.8. The fourth-order valence-corrected chi connectivity index (χ4v) is 2.33. The van der Waals surface area contributed by atoms with Gasteiger partial charge in [0.2, 0.25) is 0 Å². The third-order valence-corrected chi connectivity index (χ3v) is 3.63. The van der Waals surface area contributed by atoms with E-state index >= 15 is 0 Å². The van der Waals surface area contributed by atoms with Crippen LogP contribution in [0.1, 0.15) is 58.6 Å². The lowest BCUT2D eigenvalue weighted by Gasteiger charge is -2.12. The second-order valence-electron chi connectivity index (χ2n) is 5.36. The van der Waals surface area contributed by atoms with E-state index < -0.39 is 0 Å². The van der Waals surface area contributed by atoms with Gasteiger partial charge in [-0.25, -0.2) is 0 Å². The molecule has 0 radical (unpaired) electrons. The van der Waals surface area contributed by atoms with E-state index in [4.69, 9.17) is 4.99 Å². The zero-order chi connectivity index (χ0) is 15.1. The summed E-state index contributed by atoms with van der Waals surface area (Å²) >= 11 is 0. The van der Waals surface area contributed by atoms with Gasteiger partial charge in [0.05, 0.1) is 5.70 Å². The largest absolute Gasteiger partial charge is 0.258 e. The molecule has 0 atom stereocenters. The maximum atomic E-state index is 4.88. The van der Waals surface area contributed by atoms with Gasteiger partial charge >= 0.3 is 0 Å². The quantitative estimate of drug-likeness (QED) is 0.462. The van der Waals surface area contributed by atoms with Crippen molar-refractivity contribution in [1.29, 1.82) is 0 Å². The van der Waals surface area contributed by atoms with Gasteiger partial charge in [0.25, 0.3) is 0 Å². The van der Waals surface area contributed by atoms with Crippen molar-refractivity contribution in [2.75, 3.05) is 0 Å². The van der Waals surface area contributed by atoms with E-state index in [1.165, 1.54) is 28.0 Å². The fraction of sp³-hybridized carbons (Fsp3) is 0.421. The zero-order valence-electron chi connectivity index (χ0n) is 13.7. The van der Waals surface area contributed by atoms with Crippen LogP contribution >= 0.6 is 0 Å². The third-order valence-electron chi connectivity index (χ3n) is 3.63. The molecule has 0 saturated carbocycles. The van der Waals surface area contributed by atoms with Gasteiger partial charge in [-0.2, -0.15) is 0 Å². The molecule has 0 aromatic heterocycles. The second kappa shape index (κ2) is 7.84. The van der Waals surface area contributed by atoms with Crippen molar-refractivity contribution in [2.45, 2.75) is 54.4 Å². The summed E-state index contributed by atoms with van der Waals surface area (Å²) in [4.78, 5) is 4.88. The second-order valence-corrected chi connectivity index (χ2v) is 5.36. The topological polar surface area (TPSA) is 12.4 Å². The first kappa shape index (κ1) is 16.4. The summed E-state index contributed by atoms with van der Waals surface area (Å²) < 4.78 is 0. The predicted octanol–water partition coefficient (Wildman–Crippen LogP) is 5.95. The molecule has 0 saturated heterocycles. The molecule has 0 aliphatic rings. The lowest BCUT2D eigenvalue weighted by atomic mass is 9.97. The number of hydrogen-bond donors (Lipinski definition) is 0. The number of nitrogens with zero attached hydrogens (tertiary/aromatic N) is 1. The van der Waals surface area contributed by atoms with Crippen LogP contribution in [-0.4, -0.2) is 5.71 Å². The number of allylic oxidation sites excluding steroid dienone is 3. The van der Waals surface area contributed by atoms with E-state index in [1.807, 2.05) is 0 Å². The van der Waals surface area contributed by atoms with Crippen LogP contribution in [0.3, 0.4) is 0 Å². The molecule has 108 valence electrons. The van der Waals surface area contributed by atoms with Gasteiger partial charge in [-0.05, 0) is 63.3 Å². The van der Waals surface area contributed by atoms with Gasteiger partial charge in [0, 0.05) is 5.71 Å². The lowest BCUT2D eigenvalue weighted by molar-refractivity contribution is 0.984. The molecular formula is C19H27N. The van der Waals surface area contributed by atoms with Crippen LogP contribution in [0.25, 0.3) is 5.57 Å². The van der Waals surface area contributed by atoms with Gasteiger partial charge in [-0.3, -0.25) is 4.99 Å². The standard InChI is InChI=1S/C19H27N/c1-7-11-16(5)20-19(14(3)8-2)17(6)18-13-10-9-12-15(18)4/h8-10,12-13H,7,11H2,1-6H3/b14-8-,19-17+,20-16?. The lowest BCUT2D eigenvalue weighted by Crippen LogP contribution is -1.97. The van der Waals surface area contributed by atoms with Crippen molar-refractivity contribution in [2.24, 2.45) is 4.99 Å². The average Bonchev–Trinajstić information content (AvgIpc) is 2.44. The summed E-state index contributed by atoms with van der Waals surface area (Å²) in [6.07, 6.45) is 4.34. The van der Waals surface area contributed by atoms with Crippen LogP contribution < -0.4 is 0 Å². The summed E-state index contributed by atoms with van der Waals surface area (Å²) in [6, 6.07) is 8.51.